The van der Waals surface area contributed by atoms with E-state index < -0.39 is 6.10 Å². The lowest BCUT2D eigenvalue weighted by Crippen LogP contribution is -2.07. The Bertz CT molecular complexity index is 946. The SMILES string of the molecule is Cc1cnc(Nc2nc(C(O)CO)cs2)c(OC2CCc3cnccc32)c1. The molecule has 27 heavy (non-hydrogen) atoms. The number of thiazole rings is 1. The van der Waals surface area contributed by atoms with Crippen LogP contribution in [0.4, 0.5) is 10.9 Å². The largest absolute Gasteiger partial charge is 0.482 e. The molecule has 3 aromatic rings. The Morgan fingerprint density at radius 3 is 3.15 bits per heavy atom. The summed E-state index contributed by atoms with van der Waals surface area (Å²) in [6.45, 7) is 1.60. The highest BCUT2D eigenvalue weighted by Crippen LogP contribution is 2.37. The maximum absolute atomic E-state index is 9.70. The van der Waals surface area contributed by atoms with Crippen molar-refractivity contribution < 1.29 is 14.9 Å². The van der Waals surface area contributed by atoms with Crippen molar-refractivity contribution >= 4 is 22.3 Å². The third kappa shape index (κ3) is 3.78. The smallest absolute Gasteiger partial charge is 0.188 e. The van der Waals surface area contributed by atoms with E-state index in [2.05, 4.69) is 20.3 Å². The van der Waals surface area contributed by atoms with Gasteiger partial charge >= 0.3 is 0 Å². The van der Waals surface area contributed by atoms with Gasteiger partial charge in [0.05, 0.1) is 12.3 Å². The number of ether oxygens (including phenoxy) is 1. The number of aliphatic hydroxyl groups excluding tert-OH is 2. The van der Waals surface area contributed by atoms with Crippen molar-refractivity contribution in [2.24, 2.45) is 0 Å². The predicted molar refractivity (Wildman–Crippen MR) is 102 cm³/mol. The molecule has 2 unspecified atom stereocenters. The Kier molecular flexibility index (Phi) is 5.02. The molecule has 0 amide bonds. The molecule has 0 saturated carbocycles. The topological polar surface area (TPSA) is 100 Å². The summed E-state index contributed by atoms with van der Waals surface area (Å²) in [6, 6.07) is 3.96. The van der Waals surface area contributed by atoms with Gasteiger partial charge in [-0.2, -0.15) is 0 Å². The number of rotatable bonds is 6. The highest BCUT2D eigenvalue weighted by atomic mass is 32.1. The molecular formula is C19H20N4O3S. The lowest BCUT2D eigenvalue weighted by atomic mass is 10.1. The maximum Gasteiger partial charge on any atom is 0.188 e. The number of hydrogen-bond donors (Lipinski definition) is 3. The van der Waals surface area contributed by atoms with Gasteiger partial charge in [0.15, 0.2) is 16.7 Å². The van der Waals surface area contributed by atoms with Crippen molar-refractivity contribution in [3.8, 4) is 5.75 Å². The zero-order chi connectivity index (χ0) is 18.8. The van der Waals surface area contributed by atoms with E-state index in [0.717, 1.165) is 18.4 Å². The number of anilines is 2. The van der Waals surface area contributed by atoms with Gasteiger partial charge in [-0.25, -0.2) is 9.97 Å². The van der Waals surface area contributed by atoms with E-state index in [1.807, 2.05) is 25.3 Å². The molecule has 8 heteroatoms. The summed E-state index contributed by atoms with van der Waals surface area (Å²) in [5.41, 5.74) is 3.82. The monoisotopic (exact) mass is 384 g/mol. The number of aromatic nitrogens is 3. The van der Waals surface area contributed by atoms with E-state index in [1.165, 1.54) is 22.5 Å². The summed E-state index contributed by atoms with van der Waals surface area (Å²) in [4.78, 5) is 12.9. The van der Waals surface area contributed by atoms with Crippen LogP contribution in [0.3, 0.4) is 0 Å². The lowest BCUT2D eigenvalue weighted by Gasteiger charge is -2.17. The first-order valence-electron chi connectivity index (χ1n) is 8.71. The van der Waals surface area contributed by atoms with Gasteiger partial charge in [0.1, 0.15) is 12.2 Å². The minimum atomic E-state index is -0.984. The van der Waals surface area contributed by atoms with Crippen LogP contribution in [0.2, 0.25) is 0 Å². The first kappa shape index (κ1) is 17.8. The van der Waals surface area contributed by atoms with Gasteiger partial charge in [-0.1, -0.05) is 0 Å². The highest BCUT2D eigenvalue weighted by Gasteiger charge is 2.25. The van der Waals surface area contributed by atoms with Gasteiger partial charge in [0, 0.05) is 24.0 Å². The van der Waals surface area contributed by atoms with Crippen LogP contribution in [0.5, 0.6) is 5.75 Å². The predicted octanol–water partition coefficient (Wildman–Crippen LogP) is 3.08. The number of nitrogens with zero attached hydrogens (tertiary/aromatic N) is 3. The second kappa shape index (κ2) is 7.59. The fraction of sp³-hybridized carbons (Fsp3) is 0.316. The van der Waals surface area contributed by atoms with Crippen LogP contribution >= 0.6 is 11.3 Å². The third-order valence-corrected chi connectivity index (χ3v) is 5.26. The van der Waals surface area contributed by atoms with Crippen molar-refractivity contribution in [2.45, 2.75) is 32.0 Å². The van der Waals surface area contributed by atoms with E-state index in [1.54, 1.807) is 17.8 Å². The minimum Gasteiger partial charge on any atom is -0.482 e. The summed E-state index contributed by atoms with van der Waals surface area (Å²) in [5.74, 6) is 1.23. The molecule has 0 bridgehead atoms. The van der Waals surface area contributed by atoms with Crippen molar-refractivity contribution in [3.63, 3.8) is 0 Å². The molecule has 3 aromatic heterocycles. The Hall–Kier alpha value is -2.55. The molecule has 1 aliphatic carbocycles. The van der Waals surface area contributed by atoms with E-state index in [0.29, 0.717) is 22.4 Å². The summed E-state index contributed by atoms with van der Waals surface area (Å²) >= 11 is 1.34. The molecule has 0 aliphatic heterocycles. The van der Waals surface area contributed by atoms with Crippen molar-refractivity contribution in [3.05, 3.63) is 58.5 Å². The molecule has 2 atom stereocenters. The average molecular weight is 384 g/mol. The molecule has 140 valence electrons. The first-order chi connectivity index (χ1) is 13.1. The molecule has 3 heterocycles. The molecule has 0 radical (unpaired) electrons. The normalized spacial score (nSPS) is 16.8. The van der Waals surface area contributed by atoms with E-state index in [-0.39, 0.29) is 12.7 Å². The van der Waals surface area contributed by atoms with Gasteiger partial charge in [-0.05, 0) is 48.6 Å². The third-order valence-electron chi connectivity index (χ3n) is 4.48. The Labute approximate surface area is 160 Å². The minimum absolute atomic E-state index is 0.0322. The van der Waals surface area contributed by atoms with Crippen LogP contribution in [0.25, 0.3) is 0 Å². The Morgan fingerprint density at radius 2 is 2.30 bits per heavy atom. The molecule has 0 aromatic carbocycles. The zero-order valence-corrected chi connectivity index (χ0v) is 15.6. The fourth-order valence-electron chi connectivity index (χ4n) is 3.10. The molecule has 0 fully saturated rings. The van der Waals surface area contributed by atoms with E-state index in [4.69, 9.17) is 9.84 Å². The summed E-state index contributed by atoms with van der Waals surface area (Å²) in [5, 5.41) is 24.2. The van der Waals surface area contributed by atoms with Crippen LogP contribution in [-0.4, -0.2) is 31.8 Å². The number of fused-ring (bicyclic) bond motifs is 1. The van der Waals surface area contributed by atoms with E-state index >= 15 is 0 Å². The van der Waals surface area contributed by atoms with Gasteiger partial charge in [0.25, 0.3) is 0 Å². The highest BCUT2D eigenvalue weighted by molar-refractivity contribution is 7.13. The molecule has 7 nitrogen and oxygen atoms in total. The van der Waals surface area contributed by atoms with Crippen molar-refractivity contribution in [1.29, 1.82) is 0 Å². The number of nitrogens with one attached hydrogen (secondary N) is 1. The molecule has 0 spiro atoms. The van der Waals surface area contributed by atoms with Gasteiger partial charge in [0.2, 0.25) is 0 Å². The standard InChI is InChI=1S/C19H20N4O3S/c1-11-6-17(26-16-3-2-12-8-20-5-4-13(12)16)18(21-7-11)23-19-22-14(10-27-19)15(25)9-24/h4-8,10,15-16,24-25H,2-3,9H2,1H3,(H,21,22,23). The molecule has 1 aliphatic rings. The summed E-state index contributed by atoms with van der Waals surface area (Å²) < 4.78 is 6.30. The molecule has 4 rings (SSSR count). The van der Waals surface area contributed by atoms with Crippen LogP contribution in [0, 0.1) is 6.92 Å². The second-order valence-corrected chi connectivity index (χ2v) is 7.34. The number of hydrogen-bond acceptors (Lipinski definition) is 8. The molecular weight excluding hydrogens is 364 g/mol. The summed E-state index contributed by atoms with van der Waals surface area (Å²) in [7, 11) is 0. The van der Waals surface area contributed by atoms with Gasteiger partial charge in [-0.3, -0.25) is 4.98 Å². The van der Waals surface area contributed by atoms with Crippen LogP contribution in [0.1, 0.15) is 41.0 Å². The van der Waals surface area contributed by atoms with Gasteiger partial charge in [-0.15, -0.1) is 11.3 Å². The lowest BCUT2D eigenvalue weighted by molar-refractivity contribution is 0.0928. The number of pyridine rings is 2. The molecule has 0 saturated heterocycles. The number of aliphatic hydroxyl groups is 2. The molecule has 3 N–H and O–H groups in total. The number of aryl methyl sites for hydroxylation is 2. The van der Waals surface area contributed by atoms with Crippen molar-refractivity contribution in [2.75, 3.05) is 11.9 Å². The van der Waals surface area contributed by atoms with Crippen molar-refractivity contribution in [1.82, 2.24) is 15.0 Å². The van der Waals surface area contributed by atoms with Crippen LogP contribution in [-0.2, 0) is 6.42 Å². The fourth-order valence-corrected chi connectivity index (χ4v) is 3.85. The van der Waals surface area contributed by atoms with Gasteiger partial charge < -0.3 is 20.3 Å². The quantitative estimate of drug-likeness (QED) is 0.600. The van der Waals surface area contributed by atoms with E-state index in [9.17, 15) is 5.11 Å². The Balaban J connectivity index is 1.57. The zero-order valence-electron chi connectivity index (χ0n) is 14.8. The second-order valence-electron chi connectivity index (χ2n) is 6.48. The Morgan fingerprint density at radius 1 is 1.41 bits per heavy atom. The average Bonchev–Trinajstić information content (AvgIpc) is 3.31. The van der Waals surface area contributed by atoms with Crippen LogP contribution in [0.15, 0.2) is 36.1 Å². The van der Waals surface area contributed by atoms with Crippen LogP contribution < -0.4 is 10.1 Å². The first-order valence-corrected chi connectivity index (χ1v) is 9.59. The summed E-state index contributed by atoms with van der Waals surface area (Å²) in [6.07, 6.45) is 6.28. The maximum atomic E-state index is 9.70.